The first-order valence-electron chi connectivity index (χ1n) is 15.6. The van der Waals surface area contributed by atoms with Gasteiger partial charge in [-0.25, -0.2) is 4.39 Å². The van der Waals surface area contributed by atoms with Crippen molar-refractivity contribution in [1.82, 2.24) is 25.3 Å². The van der Waals surface area contributed by atoms with E-state index >= 15 is 0 Å². The van der Waals surface area contributed by atoms with Crippen molar-refractivity contribution in [2.75, 3.05) is 39.8 Å². The lowest BCUT2D eigenvalue weighted by atomic mass is 9.58. The number of carbonyl (C=O) groups excluding carboxylic acids is 1. The monoisotopic (exact) mass is 564 g/mol. The molecule has 1 spiro atoms. The summed E-state index contributed by atoms with van der Waals surface area (Å²) in [6.45, 7) is 7.41. The van der Waals surface area contributed by atoms with Gasteiger partial charge >= 0.3 is 0 Å². The Labute approximate surface area is 243 Å². The summed E-state index contributed by atoms with van der Waals surface area (Å²) in [4.78, 5) is 19.2. The number of benzene rings is 1. The molecule has 8 nitrogen and oxygen atoms in total. The van der Waals surface area contributed by atoms with E-state index in [0.29, 0.717) is 38.1 Å². The molecule has 6 rings (SSSR count). The van der Waals surface area contributed by atoms with Crippen LogP contribution in [0.1, 0.15) is 62.5 Å². The summed E-state index contributed by atoms with van der Waals surface area (Å²) in [5, 5.41) is 17.2. The maximum absolute atomic E-state index is 14.9. The van der Waals surface area contributed by atoms with Crippen molar-refractivity contribution < 1.29 is 13.9 Å². The summed E-state index contributed by atoms with van der Waals surface area (Å²) in [7, 11) is 2.17. The van der Waals surface area contributed by atoms with Gasteiger partial charge in [-0.3, -0.25) is 20.3 Å². The lowest BCUT2D eigenvalue weighted by molar-refractivity contribution is -0.136. The third-order valence-corrected chi connectivity index (χ3v) is 10.8. The van der Waals surface area contributed by atoms with Crippen LogP contribution in [0.25, 0.3) is 0 Å². The number of halogens is 1. The molecule has 0 aromatic heterocycles. The van der Waals surface area contributed by atoms with Gasteiger partial charge in [0.1, 0.15) is 5.82 Å². The van der Waals surface area contributed by atoms with E-state index in [0.717, 1.165) is 63.6 Å². The summed E-state index contributed by atoms with van der Waals surface area (Å²) in [5.74, 6) is 0.181. The molecule has 3 saturated heterocycles. The normalized spacial score (nSPS) is 36.0. The maximum atomic E-state index is 14.9. The van der Waals surface area contributed by atoms with E-state index in [2.05, 4.69) is 46.2 Å². The number of ether oxygens (including phenoxy) is 1. The first kappa shape index (κ1) is 28.8. The number of piperazine rings is 1. The molecule has 1 amide bonds. The molecule has 4 fully saturated rings. The molecule has 1 saturated carbocycles. The minimum Gasteiger partial charge on any atom is -0.348 e. The van der Waals surface area contributed by atoms with E-state index in [9.17, 15) is 14.4 Å². The van der Waals surface area contributed by atoms with Gasteiger partial charge in [0.25, 0.3) is 0 Å². The smallest absolute Gasteiger partial charge is 0.246 e. The molecule has 9 heteroatoms. The molecule has 3 heterocycles. The fraction of sp³-hybridized carbons (Fsp3) is 0.688. The molecule has 2 N–H and O–H groups in total. The third-order valence-electron chi connectivity index (χ3n) is 10.8. The van der Waals surface area contributed by atoms with E-state index in [1.165, 1.54) is 18.1 Å². The van der Waals surface area contributed by atoms with Crippen molar-refractivity contribution in [2.24, 2.45) is 5.92 Å². The highest BCUT2D eigenvalue weighted by Crippen LogP contribution is 2.50. The molecule has 222 valence electrons. The van der Waals surface area contributed by atoms with E-state index in [1.807, 2.05) is 6.07 Å². The number of likely N-dealkylation sites (tertiary alicyclic amines) is 1. The Bertz CT molecular complexity index is 1170. The van der Waals surface area contributed by atoms with Crippen LogP contribution in [0.5, 0.6) is 0 Å². The van der Waals surface area contributed by atoms with Crippen LogP contribution in [0.4, 0.5) is 4.39 Å². The van der Waals surface area contributed by atoms with Gasteiger partial charge in [-0.05, 0) is 93.6 Å². The molecule has 0 radical (unpaired) electrons. The highest BCUT2D eigenvalue weighted by Gasteiger charge is 2.51. The predicted molar refractivity (Wildman–Crippen MR) is 155 cm³/mol. The Balaban J connectivity index is 1.25. The van der Waals surface area contributed by atoms with E-state index in [-0.39, 0.29) is 41.7 Å². The SMILES string of the molecule is C=CC(=O)N1CCN(C2NC(OC[C@H]3CCCN3C)NC3C[C@]4(CCCc5c(F)cccc54)CCC32)C[C@H]1CC#N. The summed E-state index contributed by atoms with van der Waals surface area (Å²) in [6, 6.07) is 8.44. The van der Waals surface area contributed by atoms with E-state index in [4.69, 9.17) is 4.74 Å². The quantitative estimate of drug-likeness (QED) is 0.514. The Morgan fingerprint density at radius 2 is 2.10 bits per heavy atom. The molecule has 3 aliphatic heterocycles. The molecular formula is C32H45FN6O2. The number of likely N-dealkylation sites (N-methyl/N-ethyl adjacent to an activating group) is 1. The molecule has 5 aliphatic rings. The minimum atomic E-state index is -0.289. The average molecular weight is 565 g/mol. The Hall–Kier alpha value is -2.35. The first-order chi connectivity index (χ1) is 19.9. The fourth-order valence-electron chi connectivity index (χ4n) is 8.61. The van der Waals surface area contributed by atoms with Crippen LogP contribution in [0.15, 0.2) is 30.9 Å². The molecule has 0 bridgehead atoms. The second kappa shape index (κ2) is 12.1. The lowest BCUT2D eigenvalue weighted by Gasteiger charge is -2.56. The molecule has 4 unspecified atom stereocenters. The van der Waals surface area contributed by atoms with Gasteiger partial charge in [-0.1, -0.05) is 18.7 Å². The van der Waals surface area contributed by atoms with Gasteiger partial charge in [-0.15, -0.1) is 0 Å². The van der Waals surface area contributed by atoms with Gasteiger partial charge in [-0.2, -0.15) is 5.26 Å². The van der Waals surface area contributed by atoms with Gasteiger partial charge in [0.15, 0.2) is 6.35 Å². The zero-order valence-corrected chi connectivity index (χ0v) is 24.4. The number of hydrogen-bond acceptors (Lipinski definition) is 7. The molecule has 41 heavy (non-hydrogen) atoms. The second-order valence-electron chi connectivity index (χ2n) is 12.9. The number of rotatable bonds is 6. The van der Waals surface area contributed by atoms with E-state index in [1.54, 1.807) is 11.0 Å². The van der Waals surface area contributed by atoms with Crippen LogP contribution in [-0.4, -0.2) is 91.1 Å². The number of nitrogens with one attached hydrogen (secondary N) is 2. The maximum Gasteiger partial charge on any atom is 0.246 e. The van der Waals surface area contributed by atoms with Crippen LogP contribution in [-0.2, 0) is 21.4 Å². The average Bonchev–Trinajstić information content (AvgIpc) is 3.40. The van der Waals surface area contributed by atoms with Gasteiger partial charge in [0.2, 0.25) is 5.91 Å². The summed E-state index contributed by atoms with van der Waals surface area (Å²) < 4.78 is 21.4. The van der Waals surface area contributed by atoms with Crippen LogP contribution in [0.2, 0.25) is 0 Å². The summed E-state index contributed by atoms with van der Waals surface area (Å²) >= 11 is 0. The first-order valence-corrected chi connectivity index (χ1v) is 15.6. The fourth-order valence-corrected chi connectivity index (χ4v) is 8.61. The summed E-state index contributed by atoms with van der Waals surface area (Å²) in [6.07, 6.45) is 9.77. The highest BCUT2D eigenvalue weighted by molar-refractivity contribution is 5.87. The molecule has 7 atom stereocenters. The Morgan fingerprint density at radius 1 is 1.22 bits per heavy atom. The number of fused-ring (bicyclic) bond motifs is 3. The minimum absolute atomic E-state index is 0.0135. The van der Waals surface area contributed by atoms with Crippen LogP contribution in [0.3, 0.4) is 0 Å². The topological polar surface area (TPSA) is 83.9 Å². The predicted octanol–water partition coefficient (Wildman–Crippen LogP) is 3.09. The van der Waals surface area contributed by atoms with Crippen molar-refractivity contribution in [3.8, 4) is 6.07 Å². The molecule has 1 aromatic rings. The van der Waals surface area contributed by atoms with Crippen LogP contribution < -0.4 is 10.6 Å². The number of hydrogen-bond donors (Lipinski definition) is 2. The third kappa shape index (κ3) is 5.57. The molecule has 2 aliphatic carbocycles. The summed E-state index contributed by atoms with van der Waals surface area (Å²) in [5.41, 5.74) is 2.12. The Kier molecular flexibility index (Phi) is 8.49. The van der Waals surface area contributed by atoms with Gasteiger partial charge in [0, 0.05) is 37.6 Å². The van der Waals surface area contributed by atoms with Crippen molar-refractivity contribution in [1.29, 1.82) is 5.26 Å². The van der Waals surface area contributed by atoms with Crippen molar-refractivity contribution in [2.45, 2.75) is 93.8 Å². The molecule has 1 aromatic carbocycles. The van der Waals surface area contributed by atoms with Crippen molar-refractivity contribution >= 4 is 5.91 Å². The Morgan fingerprint density at radius 3 is 2.88 bits per heavy atom. The number of amides is 1. The largest absolute Gasteiger partial charge is 0.348 e. The second-order valence-corrected chi connectivity index (χ2v) is 12.9. The zero-order chi connectivity index (χ0) is 28.6. The van der Waals surface area contributed by atoms with Crippen molar-refractivity contribution in [3.05, 3.63) is 47.8 Å². The molecular weight excluding hydrogens is 519 g/mol. The number of nitriles is 1. The van der Waals surface area contributed by atoms with E-state index < -0.39 is 0 Å². The van der Waals surface area contributed by atoms with Gasteiger partial charge in [0.05, 0.1) is 31.3 Å². The lowest BCUT2D eigenvalue weighted by Crippen LogP contribution is -2.72. The van der Waals surface area contributed by atoms with Crippen LogP contribution in [0, 0.1) is 23.1 Å². The zero-order valence-electron chi connectivity index (χ0n) is 24.4. The highest BCUT2D eigenvalue weighted by atomic mass is 19.1. The standard InChI is InChI=1S/C32H45FN6O2/c1-3-29(40)39-18-17-38(20-22(39)12-15-34)30-25-11-14-32(13-5-8-24-26(32)9-4-10-27(24)33)19-28(25)35-31(36-30)41-21-23-7-6-16-37(23)2/h3-4,9-10,22-23,25,28,30-31,35-36H,1,5-8,11-14,16-21H2,2H3/t22-,23-,25?,28?,30?,31?,32+/m1/s1. The van der Waals surface area contributed by atoms with Crippen LogP contribution >= 0.6 is 0 Å². The van der Waals surface area contributed by atoms with Gasteiger partial charge < -0.3 is 14.5 Å². The number of carbonyl (C=O) groups is 1. The number of nitrogens with zero attached hydrogens (tertiary/aromatic N) is 4. The van der Waals surface area contributed by atoms with Crippen molar-refractivity contribution in [3.63, 3.8) is 0 Å².